The van der Waals surface area contributed by atoms with E-state index in [9.17, 15) is 9.90 Å². The van der Waals surface area contributed by atoms with E-state index in [4.69, 9.17) is 5.11 Å². The maximum Gasteiger partial charge on any atom is 0.304 e. The van der Waals surface area contributed by atoms with Crippen molar-refractivity contribution < 1.29 is 15.0 Å². The van der Waals surface area contributed by atoms with Gasteiger partial charge in [0.15, 0.2) is 0 Å². The van der Waals surface area contributed by atoms with Crippen LogP contribution < -0.4 is 0 Å². The fourth-order valence-electron chi connectivity index (χ4n) is 1.93. The van der Waals surface area contributed by atoms with Crippen LogP contribution in [0.15, 0.2) is 22.7 Å². The van der Waals surface area contributed by atoms with Gasteiger partial charge in [0.25, 0.3) is 0 Å². The lowest BCUT2D eigenvalue weighted by molar-refractivity contribution is -0.137. The Morgan fingerprint density at radius 2 is 2.13 bits per heavy atom. The summed E-state index contributed by atoms with van der Waals surface area (Å²) in [7, 11) is 0. The second-order valence-corrected chi connectivity index (χ2v) is 4.93. The predicted molar refractivity (Wildman–Crippen MR) is 59.0 cm³/mol. The zero-order valence-electron chi connectivity index (χ0n) is 8.03. The van der Waals surface area contributed by atoms with Crippen LogP contribution in [0.5, 0.6) is 5.75 Å². The van der Waals surface area contributed by atoms with Crippen molar-refractivity contribution >= 4 is 21.9 Å². The number of phenols is 1. The summed E-state index contributed by atoms with van der Waals surface area (Å²) in [6.07, 6.45) is 1.78. The Balaban J connectivity index is 2.33. The van der Waals surface area contributed by atoms with E-state index in [1.807, 2.05) is 6.07 Å². The van der Waals surface area contributed by atoms with Crippen molar-refractivity contribution in [2.24, 2.45) is 0 Å². The molecule has 0 aromatic heterocycles. The van der Waals surface area contributed by atoms with Crippen molar-refractivity contribution in [3.8, 4) is 5.75 Å². The van der Waals surface area contributed by atoms with Gasteiger partial charge in [-0.1, -0.05) is 22.0 Å². The number of phenolic OH excluding ortho intramolecular Hbond substituents is 1. The number of hydrogen-bond acceptors (Lipinski definition) is 2. The highest BCUT2D eigenvalue weighted by Crippen LogP contribution is 2.53. The molecule has 1 saturated carbocycles. The van der Waals surface area contributed by atoms with Crippen molar-refractivity contribution in [1.29, 1.82) is 0 Å². The Bertz CT molecular complexity index is 410. The van der Waals surface area contributed by atoms with Crippen LogP contribution in [0.3, 0.4) is 0 Å². The number of carboxylic acid groups (broad SMARTS) is 1. The minimum Gasteiger partial charge on any atom is -0.508 e. The molecule has 1 aliphatic carbocycles. The molecule has 1 aliphatic rings. The van der Waals surface area contributed by atoms with Gasteiger partial charge in [-0.3, -0.25) is 4.79 Å². The number of aliphatic carboxylic acids is 1. The van der Waals surface area contributed by atoms with Gasteiger partial charge in [0.1, 0.15) is 5.75 Å². The number of rotatable bonds is 3. The van der Waals surface area contributed by atoms with Crippen LogP contribution in [-0.4, -0.2) is 16.2 Å². The summed E-state index contributed by atoms with van der Waals surface area (Å²) in [5.74, 6) is -0.627. The molecule has 15 heavy (non-hydrogen) atoms. The largest absolute Gasteiger partial charge is 0.508 e. The number of benzene rings is 1. The summed E-state index contributed by atoms with van der Waals surface area (Å²) in [6.45, 7) is 0. The molecule has 1 fully saturated rings. The molecule has 0 aliphatic heterocycles. The number of carbonyl (C=O) groups is 1. The number of carboxylic acids is 1. The normalized spacial score (nSPS) is 17.4. The number of aromatic hydroxyl groups is 1. The van der Waals surface area contributed by atoms with Crippen molar-refractivity contribution in [2.75, 3.05) is 0 Å². The van der Waals surface area contributed by atoms with Gasteiger partial charge in [-0.2, -0.15) is 0 Å². The first kappa shape index (κ1) is 10.5. The molecule has 1 aromatic rings. The summed E-state index contributed by atoms with van der Waals surface area (Å²) in [5.41, 5.74) is 0.435. The van der Waals surface area contributed by atoms with Gasteiger partial charge < -0.3 is 10.2 Å². The Hall–Kier alpha value is -1.03. The highest BCUT2D eigenvalue weighted by atomic mass is 79.9. The lowest BCUT2D eigenvalue weighted by Crippen LogP contribution is -2.12. The molecular formula is C11H11BrO3. The third-order valence-electron chi connectivity index (χ3n) is 2.87. The van der Waals surface area contributed by atoms with E-state index in [2.05, 4.69) is 15.9 Å². The SMILES string of the molecule is O=C(O)CC1(c2ccc(Br)cc2O)CC1. The van der Waals surface area contributed by atoms with Gasteiger partial charge in [0.2, 0.25) is 0 Å². The highest BCUT2D eigenvalue weighted by molar-refractivity contribution is 9.10. The molecule has 0 saturated heterocycles. The first-order valence-electron chi connectivity index (χ1n) is 4.74. The highest BCUT2D eigenvalue weighted by Gasteiger charge is 2.47. The van der Waals surface area contributed by atoms with Crippen molar-refractivity contribution in [3.63, 3.8) is 0 Å². The van der Waals surface area contributed by atoms with Gasteiger partial charge in [0, 0.05) is 15.5 Å². The molecule has 0 amide bonds. The van der Waals surface area contributed by atoms with Crippen LogP contribution in [0.4, 0.5) is 0 Å². The Morgan fingerprint density at radius 1 is 1.47 bits per heavy atom. The van der Waals surface area contributed by atoms with Crippen molar-refractivity contribution in [2.45, 2.75) is 24.7 Å². The first-order chi connectivity index (χ1) is 7.03. The van der Waals surface area contributed by atoms with E-state index in [0.717, 1.165) is 22.9 Å². The summed E-state index contributed by atoms with van der Waals surface area (Å²) in [6, 6.07) is 5.24. The van der Waals surface area contributed by atoms with Crippen LogP contribution in [0.1, 0.15) is 24.8 Å². The summed E-state index contributed by atoms with van der Waals surface area (Å²) < 4.78 is 0.801. The van der Waals surface area contributed by atoms with Crippen LogP contribution in [0.2, 0.25) is 0 Å². The maximum absolute atomic E-state index is 10.7. The molecule has 1 aromatic carbocycles. The Labute approximate surface area is 95.9 Å². The standard InChI is InChI=1S/C11H11BrO3/c12-7-1-2-8(9(13)5-7)11(3-4-11)6-10(14)15/h1-2,5,13H,3-4,6H2,(H,14,15). The molecule has 0 bridgehead atoms. The van der Waals surface area contributed by atoms with Crippen LogP contribution in [-0.2, 0) is 10.2 Å². The number of halogens is 1. The van der Waals surface area contributed by atoms with E-state index < -0.39 is 5.97 Å². The predicted octanol–water partition coefficient (Wildman–Crippen LogP) is 2.66. The quantitative estimate of drug-likeness (QED) is 0.888. The van der Waals surface area contributed by atoms with Crippen molar-refractivity contribution in [3.05, 3.63) is 28.2 Å². The van der Waals surface area contributed by atoms with E-state index in [1.165, 1.54) is 0 Å². The zero-order valence-corrected chi connectivity index (χ0v) is 9.62. The summed E-state index contributed by atoms with van der Waals surface area (Å²) in [5, 5.41) is 18.6. The fourth-order valence-corrected chi connectivity index (χ4v) is 2.28. The molecule has 0 radical (unpaired) electrons. The van der Waals surface area contributed by atoms with Gasteiger partial charge >= 0.3 is 5.97 Å². The van der Waals surface area contributed by atoms with Crippen molar-refractivity contribution in [1.82, 2.24) is 0 Å². The molecule has 80 valence electrons. The Morgan fingerprint density at radius 3 is 2.60 bits per heavy atom. The Kier molecular flexibility index (Phi) is 2.46. The van der Waals surface area contributed by atoms with E-state index in [1.54, 1.807) is 12.1 Å². The summed E-state index contributed by atoms with van der Waals surface area (Å²) in [4.78, 5) is 10.7. The van der Waals surface area contributed by atoms with E-state index >= 15 is 0 Å². The minimum absolute atomic E-state index is 0.0994. The van der Waals surface area contributed by atoms with Gasteiger partial charge in [-0.15, -0.1) is 0 Å². The smallest absolute Gasteiger partial charge is 0.304 e. The second-order valence-electron chi connectivity index (χ2n) is 4.01. The molecule has 0 atom stereocenters. The van der Waals surface area contributed by atoms with Crippen LogP contribution in [0, 0.1) is 0 Å². The van der Waals surface area contributed by atoms with E-state index in [0.29, 0.717) is 0 Å². The minimum atomic E-state index is -0.810. The molecule has 0 unspecified atom stereocenters. The topological polar surface area (TPSA) is 57.5 Å². The molecule has 2 rings (SSSR count). The lowest BCUT2D eigenvalue weighted by atomic mass is 9.92. The third-order valence-corrected chi connectivity index (χ3v) is 3.37. The fraction of sp³-hybridized carbons (Fsp3) is 0.364. The molecule has 0 heterocycles. The van der Waals surface area contributed by atoms with E-state index in [-0.39, 0.29) is 17.6 Å². The first-order valence-corrected chi connectivity index (χ1v) is 5.54. The molecule has 0 spiro atoms. The average molecular weight is 271 g/mol. The molecule has 2 N–H and O–H groups in total. The lowest BCUT2D eigenvalue weighted by Gasteiger charge is -2.14. The summed E-state index contributed by atoms with van der Waals surface area (Å²) >= 11 is 3.26. The average Bonchev–Trinajstić information content (AvgIpc) is 2.83. The number of hydrogen-bond donors (Lipinski definition) is 2. The molecule has 4 heteroatoms. The third kappa shape index (κ3) is 2.00. The monoisotopic (exact) mass is 270 g/mol. The maximum atomic E-state index is 10.7. The zero-order chi connectivity index (χ0) is 11.1. The van der Waals surface area contributed by atoms with Gasteiger partial charge in [-0.25, -0.2) is 0 Å². The molecule has 3 nitrogen and oxygen atoms in total. The van der Waals surface area contributed by atoms with Crippen LogP contribution >= 0.6 is 15.9 Å². The van der Waals surface area contributed by atoms with Gasteiger partial charge in [0.05, 0.1) is 6.42 Å². The van der Waals surface area contributed by atoms with Gasteiger partial charge in [-0.05, 0) is 25.0 Å². The van der Waals surface area contributed by atoms with Crippen LogP contribution in [0.25, 0.3) is 0 Å². The second kappa shape index (κ2) is 3.52. The molecular weight excluding hydrogens is 260 g/mol.